The van der Waals surface area contributed by atoms with Gasteiger partial charge in [-0.15, -0.1) is 11.3 Å². The molecule has 1 aliphatic heterocycles. The van der Waals surface area contributed by atoms with Crippen LogP contribution in [-0.4, -0.2) is 49.7 Å². The maximum Gasteiger partial charge on any atom is 0.246 e. The molecule has 2 aromatic rings. The van der Waals surface area contributed by atoms with Crippen LogP contribution in [-0.2, 0) is 14.8 Å². The van der Waals surface area contributed by atoms with Gasteiger partial charge in [0.05, 0.1) is 9.23 Å². The Labute approximate surface area is 170 Å². The molecular formula is C17H16BrClN2O3S2. The first kappa shape index (κ1) is 19.6. The van der Waals surface area contributed by atoms with Crippen LogP contribution in [0.5, 0.6) is 0 Å². The second-order valence-electron chi connectivity index (χ2n) is 5.66. The number of thiophene rings is 1. The number of carbonyl (C=O) groups excluding carboxylic acids is 1. The van der Waals surface area contributed by atoms with E-state index in [0.717, 1.165) is 4.88 Å². The first-order valence-corrected chi connectivity index (χ1v) is 11.3. The lowest BCUT2D eigenvalue weighted by molar-refractivity contribution is -0.127. The highest BCUT2D eigenvalue weighted by Crippen LogP contribution is 2.23. The molecule has 26 heavy (non-hydrogen) atoms. The van der Waals surface area contributed by atoms with E-state index < -0.39 is 10.0 Å². The number of piperazine rings is 1. The Kier molecular flexibility index (Phi) is 6.19. The van der Waals surface area contributed by atoms with Crippen molar-refractivity contribution in [2.75, 3.05) is 26.2 Å². The highest BCUT2D eigenvalue weighted by molar-refractivity contribution is 9.10. The lowest BCUT2D eigenvalue weighted by Gasteiger charge is -2.33. The summed E-state index contributed by atoms with van der Waals surface area (Å²) in [5, 5.41) is 0. The van der Waals surface area contributed by atoms with Gasteiger partial charge in [-0.05, 0) is 36.4 Å². The molecule has 0 saturated carbocycles. The summed E-state index contributed by atoms with van der Waals surface area (Å²) < 4.78 is 28.2. The summed E-state index contributed by atoms with van der Waals surface area (Å²) in [6.45, 7) is 1.28. The zero-order chi connectivity index (χ0) is 18.7. The molecule has 0 bridgehead atoms. The molecule has 1 aromatic carbocycles. The van der Waals surface area contributed by atoms with E-state index in [1.54, 1.807) is 41.3 Å². The minimum atomic E-state index is -3.55. The van der Waals surface area contributed by atoms with Crippen LogP contribution in [0.4, 0.5) is 0 Å². The van der Waals surface area contributed by atoms with Crippen LogP contribution in [0.1, 0.15) is 4.88 Å². The van der Waals surface area contributed by atoms with Crippen molar-refractivity contribution >= 4 is 60.9 Å². The molecule has 3 rings (SSSR count). The predicted octanol–water partition coefficient (Wildman–Crippen LogP) is 3.71. The first-order chi connectivity index (χ1) is 12.4. The van der Waals surface area contributed by atoms with Gasteiger partial charge in [0.2, 0.25) is 15.9 Å². The van der Waals surface area contributed by atoms with E-state index in [4.69, 9.17) is 11.6 Å². The Morgan fingerprint density at radius 3 is 2.50 bits per heavy atom. The predicted molar refractivity (Wildman–Crippen MR) is 108 cm³/mol. The molecule has 0 unspecified atom stereocenters. The van der Waals surface area contributed by atoms with Gasteiger partial charge in [-0.2, -0.15) is 4.31 Å². The van der Waals surface area contributed by atoms with Crippen LogP contribution in [0.3, 0.4) is 0 Å². The molecule has 9 heteroatoms. The van der Waals surface area contributed by atoms with Gasteiger partial charge in [0.1, 0.15) is 0 Å². The van der Waals surface area contributed by atoms with E-state index in [1.807, 2.05) is 6.07 Å². The van der Waals surface area contributed by atoms with Crippen molar-refractivity contribution in [1.82, 2.24) is 9.21 Å². The average Bonchev–Trinajstić information content (AvgIpc) is 3.05. The molecule has 2 heterocycles. The Hall–Kier alpha value is -1.19. The van der Waals surface area contributed by atoms with E-state index in [1.165, 1.54) is 21.7 Å². The van der Waals surface area contributed by atoms with E-state index in [2.05, 4.69) is 15.9 Å². The Balaban J connectivity index is 1.61. The fraction of sp³-hybridized carbons (Fsp3) is 0.235. The van der Waals surface area contributed by atoms with Gasteiger partial charge in [0, 0.05) is 41.6 Å². The van der Waals surface area contributed by atoms with Crippen LogP contribution in [0.15, 0.2) is 51.8 Å². The summed E-state index contributed by atoms with van der Waals surface area (Å²) in [7, 11) is -3.55. The standard InChI is InChI=1S/C17H16BrClN2O3S2/c18-13-2-1-3-15(12-13)26(23,24)21-10-8-20(9-11-21)17(22)7-5-14-4-6-16(19)25-14/h1-7,12H,8-11H2/b7-5+. The van der Waals surface area contributed by atoms with Crippen molar-refractivity contribution in [2.45, 2.75) is 4.90 Å². The van der Waals surface area contributed by atoms with Gasteiger partial charge in [0.15, 0.2) is 0 Å². The molecule has 1 aliphatic rings. The third-order valence-electron chi connectivity index (χ3n) is 3.97. The van der Waals surface area contributed by atoms with Crippen molar-refractivity contribution in [1.29, 1.82) is 0 Å². The molecule has 1 amide bonds. The number of sulfonamides is 1. The van der Waals surface area contributed by atoms with Crippen LogP contribution in [0, 0.1) is 0 Å². The van der Waals surface area contributed by atoms with Crippen molar-refractivity contribution in [3.8, 4) is 0 Å². The number of halogens is 2. The zero-order valence-electron chi connectivity index (χ0n) is 13.6. The van der Waals surface area contributed by atoms with Gasteiger partial charge in [0.25, 0.3) is 0 Å². The maximum absolute atomic E-state index is 12.7. The minimum absolute atomic E-state index is 0.131. The van der Waals surface area contributed by atoms with Gasteiger partial charge >= 0.3 is 0 Å². The van der Waals surface area contributed by atoms with E-state index in [-0.39, 0.29) is 23.9 Å². The third-order valence-corrected chi connectivity index (χ3v) is 7.55. The Morgan fingerprint density at radius 1 is 1.15 bits per heavy atom. The lowest BCUT2D eigenvalue weighted by atomic mass is 10.3. The fourth-order valence-electron chi connectivity index (χ4n) is 2.60. The highest BCUT2D eigenvalue weighted by atomic mass is 79.9. The van der Waals surface area contributed by atoms with Crippen molar-refractivity contribution < 1.29 is 13.2 Å². The summed E-state index contributed by atoms with van der Waals surface area (Å²) in [5.74, 6) is -0.131. The molecular weight excluding hydrogens is 460 g/mol. The van der Waals surface area contributed by atoms with Crippen LogP contribution in [0.2, 0.25) is 4.34 Å². The second kappa shape index (κ2) is 8.22. The molecule has 1 fully saturated rings. The van der Waals surface area contributed by atoms with Crippen molar-refractivity contribution in [3.63, 3.8) is 0 Å². The summed E-state index contributed by atoms with van der Waals surface area (Å²) in [4.78, 5) is 15.1. The topological polar surface area (TPSA) is 57.7 Å². The van der Waals surface area contributed by atoms with E-state index >= 15 is 0 Å². The maximum atomic E-state index is 12.7. The van der Waals surface area contributed by atoms with Crippen molar-refractivity contribution in [2.24, 2.45) is 0 Å². The number of amides is 1. The molecule has 0 atom stereocenters. The SMILES string of the molecule is O=C(/C=C/c1ccc(Cl)s1)N1CCN(S(=O)(=O)c2cccc(Br)c2)CC1. The quantitative estimate of drug-likeness (QED) is 0.634. The largest absolute Gasteiger partial charge is 0.337 e. The normalized spacial score (nSPS) is 16.3. The Morgan fingerprint density at radius 2 is 1.88 bits per heavy atom. The van der Waals surface area contributed by atoms with Gasteiger partial charge in [-0.1, -0.05) is 33.6 Å². The van der Waals surface area contributed by atoms with E-state index in [0.29, 0.717) is 21.9 Å². The first-order valence-electron chi connectivity index (χ1n) is 7.84. The number of rotatable bonds is 4. The lowest BCUT2D eigenvalue weighted by Crippen LogP contribution is -2.50. The molecule has 1 saturated heterocycles. The summed E-state index contributed by atoms with van der Waals surface area (Å²) in [6.07, 6.45) is 3.23. The van der Waals surface area contributed by atoms with Crippen LogP contribution in [0.25, 0.3) is 6.08 Å². The minimum Gasteiger partial charge on any atom is -0.337 e. The van der Waals surface area contributed by atoms with Crippen LogP contribution >= 0.6 is 38.9 Å². The number of hydrogen-bond acceptors (Lipinski definition) is 4. The summed E-state index contributed by atoms with van der Waals surface area (Å²) in [6, 6.07) is 10.3. The summed E-state index contributed by atoms with van der Waals surface area (Å²) in [5.41, 5.74) is 0. The van der Waals surface area contributed by atoms with E-state index in [9.17, 15) is 13.2 Å². The van der Waals surface area contributed by atoms with Gasteiger partial charge in [-0.3, -0.25) is 4.79 Å². The van der Waals surface area contributed by atoms with Gasteiger partial charge in [-0.25, -0.2) is 8.42 Å². The number of carbonyl (C=O) groups is 1. The second-order valence-corrected chi connectivity index (χ2v) is 10.3. The summed E-state index contributed by atoms with van der Waals surface area (Å²) >= 11 is 10.6. The smallest absolute Gasteiger partial charge is 0.246 e. The van der Waals surface area contributed by atoms with Crippen molar-refractivity contribution in [3.05, 3.63) is 56.2 Å². The highest BCUT2D eigenvalue weighted by Gasteiger charge is 2.29. The molecule has 0 N–H and O–H groups in total. The average molecular weight is 476 g/mol. The molecule has 0 radical (unpaired) electrons. The fourth-order valence-corrected chi connectivity index (χ4v) is 5.59. The zero-order valence-corrected chi connectivity index (χ0v) is 17.6. The molecule has 0 spiro atoms. The monoisotopic (exact) mass is 474 g/mol. The number of nitrogens with zero attached hydrogens (tertiary/aromatic N) is 2. The van der Waals surface area contributed by atoms with Crippen LogP contribution < -0.4 is 0 Å². The number of hydrogen-bond donors (Lipinski definition) is 0. The molecule has 138 valence electrons. The molecule has 0 aliphatic carbocycles. The number of benzene rings is 1. The third kappa shape index (κ3) is 4.55. The molecule has 5 nitrogen and oxygen atoms in total. The Bertz CT molecular complexity index is 935. The van der Waals surface area contributed by atoms with Gasteiger partial charge < -0.3 is 4.90 Å². The molecule has 1 aromatic heterocycles.